The maximum Gasteiger partial charge on any atom is 0.124 e. The highest BCUT2D eigenvalue weighted by Crippen LogP contribution is 2.17. The van der Waals surface area contributed by atoms with Crippen molar-refractivity contribution in [1.82, 2.24) is 5.43 Å². The number of nitrogens with one attached hydrogen (secondary N) is 1. The smallest absolute Gasteiger partial charge is 0.124 e. The highest BCUT2D eigenvalue weighted by molar-refractivity contribution is 9.10. The van der Waals surface area contributed by atoms with Crippen LogP contribution in [0.25, 0.3) is 0 Å². The first-order chi connectivity index (χ1) is 9.67. The number of halogens is 2. The molecule has 0 heterocycles. The van der Waals surface area contributed by atoms with Gasteiger partial charge in [0.2, 0.25) is 0 Å². The Morgan fingerprint density at radius 2 is 1.85 bits per heavy atom. The number of aryl methyl sites for hydroxylation is 1. The molecule has 0 fully saturated rings. The van der Waals surface area contributed by atoms with E-state index in [2.05, 4.69) is 33.5 Å². The second kappa shape index (κ2) is 7.53. The van der Waals surface area contributed by atoms with Gasteiger partial charge in [-0.1, -0.05) is 46.3 Å². The molecule has 0 amide bonds. The lowest BCUT2D eigenvalue weighted by atomic mass is 9.99. The first-order valence-electron chi connectivity index (χ1n) is 6.62. The molecule has 106 valence electrons. The van der Waals surface area contributed by atoms with Crippen LogP contribution in [0.5, 0.6) is 0 Å². The van der Waals surface area contributed by atoms with E-state index in [1.807, 2.05) is 24.3 Å². The molecule has 0 bridgehead atoms. The summed E-state index contributed by atoms with van der Waals surface area (Å²) in [4.78, 5) is 0. The molecule has 0 aromatic heterocycles. The standard InChI is InChI=1S/C16H18BrFN2/c17-14-8-13(9-15(18)11-14)10-16(20-19)7-6-12-4-2-1-3-5-12/h1-5,8-9,11,16,20H,6-7,10,19H2. The largest absolute Gasteiger partial charge is 0.271 e. The lowest BCUT2D eigenvalue weighted by Crippen LogP contribution is -2.37. The van der Waals surface area contributed by atoms with E-state index in [-0.39, 0.29) is 11.9 Å². The number of rotatable bonds is 6. The monoisotopic (exact) mass is 336 g/mol. The molecule has 4 heteroatoms. The second-order valence-electron chi connectivity index (χ2n) is 4.87. The molecule has 2 nitrogen and oxygen atoms in total. The Bertz CT molecular complexity index is 525. The van der Waals surface area contributed by atoms with Crippen molar-refractivity contribution in [2.75, 3.05) is 0 Å². The average Bonchev–Trinajstić information content (AvgIpc) is 2.43. The van der Waals surface area contributed by atoms with Gasteiger partial charge in [0.1, 0.15) is 5.82 Å². The lowest BCUT2D eigenvalue weighted by molar-refractivity contribution is 0.490. The lowest BCUT2D eigenvalue weighted by Gasteiger charge is -2.16. The fourth-order valence-corrected chi connectivity index (χ4v) is 2.76. The van der Waals surface area contributed by atoms with Gasteiger partial charge in [-0.25, -0.2) is 4.39 Å². The van der Waals surface area contributed by atoms with Gasteiger partial charge < -0.3 is 0 Å². The maximum atomic E-state index is 13.4. The summed E-state index contributed by atoms with van der Waals surface area (Å²) in [6.45, 7) is 0. The van der Waals surface area contributed by atoms with Gasteiger partial charge in [0, 0.05) is 10.5 Å². The van der Waals surface area contributed by atoms with E-state index in [9.17, 15) is 4.39 Å². The molecule has 20 heavy (non-hydrogen) atoms. The number of hydrogen-bond donors (Lipinski definition) is 2. The first kappa shape index (κ1) is 15.2. The Kier molecular flexibility index (Phi) is 5.71. The van der Waals surface area contributed by atoms with Crippen molar-refractivity contribution < 1.29 is 4.39 Å². The van der Waals surface area contributed by atoms with Crippen molar-refractivity contribution in [3.63, 3.8) is 0 Å². The first-order valence-corrected chi connectivity index (χ1v) is 7.41. The van der Waals surface area contributed by atoms with Crippen LogP contribution in [0.1, 0.15) is 17.5 Å². The van der Waals surface area contributed by atoms with Gasteiger partial charge in [-0.2, -0.15) is 0 Å². The van der Waals surface area contributed by atoms with E-state index in [0.717, 1.165) is 22.9 Å². The molecular formula is C16H18BrFN2. The topological polar surface area (TPSA) is 38.0 Å². The molecule has 2 rings (SSSR count). The van der Waals surface area contributed by atoms with Crippen LogP contribution >= 0.6 is 15.9 Å². The summed E-state index contributed by atoms with van der Waals surface area (Å²) in [5.74, 6) is 5.38. The summed E-state index contributed by atoms with van der Waals surface area (Å²) < 4.78 is 14.1. The number of benzene rings is 2. The van der Waals surface area contributed by atoms with Crippen molar-refractivity contribution in [3.8, 4) is 0 Å². The zero-order valence-electron chi connectivity index (χ0n) is 11.2. The molecule has 2 aromatic carbocycles. The Hall–Kier alpha value is -1.23. The van der Waals surface area contributed by atoms with E-state index in [4.69, 9.17) is 5.84 Å². The summed E-state index contributed by atoms with van der Waals surface area (Å²) in [6.07, 6.45) is 2.57. The molecule has 2 aromatic rings. The van der Waals surface area contributed by atoms with Crippen molar-refractivity contribution in [3.05, 3.63) is 69.9 Å². The van der Waals surface area contributed by atoms with Gasteiger partial charge in [-0.3, -0.25) is 11.3 Å². The molecule has 0 saturated heterocycles. The van der Waals surface area contributed by atoms with Gasteiger partial charge in [0.25, 0.3) is 0 Å². The van der Waals surface area contributed by atoms with Crippen molar-refractivity contribution in [1.29, 1.82) is 0 Å². The molecule has 0 saturated carbocycles. The summed E-state index contributed by atoms with van der Waals surface area (Å²) in [7, 11) is 0. The Balaban J connectivity index is 1.95. The average molecular weight is 337 g/mol. The predicted molar refractivity (Wildman–Crippen MR) is 83.7 cm³/mol. The quantitative estimate of drug-likeness (QED) is 0.624. The number of hydrogen-bond acceptors (Lipinski definition) is 2. The molecule has 1 atom stereocenters. The van der Waals surface area contributed by atoms with Gasteiger partial charge in [0.05, 0.1) is 0 Å². The molecule has 0 aliphatic rings. The minimum Gasteiger partial charge on any atom is -0.271 e. The third-order valence-corrected chi connectivity index (χ3v) is 3.72. The van der Waals surface area contributed by atoms with Gasteiger partial charge in [-0.15, -0.1) is 0 Å². The van der Waals surface area contributed by atoms with Crippen LogP contribution in [0.3, 0.4) is 0 Å². The summed E-state index contributed by atoms with van der Waals surface area (Å²) in [5.41, 5.74) is 5.05. The fraction of sp³-hybridized carbons (Fsp3) is 0.250. The Morgan fingerprint density at radius 3 is 2.50 bits per heavy atom. The van der Waals surface area contributed by atoms with Crippen LogP contribution in [-0.2, 0) is 12.8 Å². The van der Waals surface area contributed by atoms with Crippen LogP contribution in [-0.4, -0.2) is 6.04 Å². The van der Waals surface area contributed by atoms with Gasteiger partial charge in [0.15, 0.2) is 0 Å². The third kappa shape index (κ3) is 4.71. The zero-order valence-corrected chi connectivity index (χ0v) is 12.7. The maximum absolute atomic E-state index is 13.4. The summed E-state index contributed by atoms with van der Waals surface area (Å²) in [5, 5.41) is 0. The van der Waals surface area contributed by atoms with Crippen molar-refractivity contribution >= 4 is 15.9 Å². The van der Waals surface area contributed by atoms with Crippen LogP contribution in [0, 0.1) is 5.82 Å². The number of hydrazine groups is 1. The summed E-state index contributed by atoms with van der Waals surface area (Å²) in [6, 6.07) is 15.3. The van der Waals surface area contributed by atoms with E-state index < -0.39 is 0 Å². The Morgan fingerprint density at radius 1 is 1.10 bits per heavy atom. The second-order valence-corrected chi connectivity index (χ2v) is 5.79. The van der Waals surface area contributed by atoms with E-state index >= 15 is 0 Å². The van der Waals surface area contributed by atoms with E-state index in [1.165, 1.54) is 11.6 Å². The molecule has 0 radical (unpaired) electrons. The molecule has 0 aliphatic heterocycles. The van der Waals surface area contributed by atoms with Crippen molar-refractivity contribution in [2.24, 2.45) is 5.84 Å². The third-order valence-electron chi connectivity index (χ3n) is 3.26. The van der Waals surface area contributed by atoms with Gasteiger partial charge in [-0.05, 0) is 48.6 Å². The predicted octanol–water partition coefficient (Wildman–Crippen LogP) is 3.60. The molecule has 3 N–H and O–H groups in total. The van der Waals surface area contributed by atoms with Gasteiger partial charge >= 0.3 is 0 Å². The minimum atomic E-state index is -0.229. The Labute approximate surface area is 127 Å². The molecule has 0 spiro atoms. The van der Waals surface area contributed by atoms with E-state index in [1.54, 1.807) is 6.07 Å². The zero-order chi connectivity index (χ0) is 14.4. The fourth-order valence-electron chi connectivity index (χ4n) is 2.24. The molecular weight excluding hydrogens is 319 g/mol. The van der Waals surface area contributed by atoms with Crippen LogP contribution in [0.15, 0.2) is 53.0 Å². The number of nitrogens with two attached hydrogens (primary N) is 1. The molecule has 1 unspecified atom stereocenters. The molecule has 0 aliphatic carbocycles. The van der Waals surface area contributed by atoms with Crippen LogP contribution < -0.4 is 11.3 Å². The summed E-state index contributed by atoms with van der Waals surface area (Å²) >= 11 is 3.31. The highest BCUT2D eigenvalue weighted by atomic mass is 79.9. The van der Waals surface area contributed by atoms with Crippen molar-refractivity contribution in [2.45, 2.75) is 25.3 Å². The van der Waals surface area contributed by atoms with Crippen LogP contribution in [0.4, 0.5) is 4.39 Å². The SMILES string of the molecule is NNC(CCc1ccccc1)Cc1cc(F)cc(Br)c1. The minimum absolute atomic E-state index is 0.129. The van der Waals surface area contributed by atoms with Crippen LogP contribution in [0.2, 0.25) is 0 Å². The van der Waals surface area contributed by atoms with E-state index in [0.29, 0.717) is 6.42 Å². The highest BCUT2D eigenvalue weighted by Gasteiger charge is 2.09. The normalized spacial score (nSPS) is 12.3.